The van der Waals surface area contributed by atoms with Crippen LogP contribution in [0, 0.1) is 20.2 Å². The molecule has 0 bridgehead atoms. The largest absolute Gasteiger partial charge is 0.270 e. The van der Waals surface area contributed by atoms with Crippen molar-refractivity contribution in [1.29, 1.82) is 0 Å². The van der Waals surface area contributed by atoms with E-state index in [0.29, 0.717) is 0 Å². The van der Waals surface area contributed by atoms with Crippen LogP contribution >= 0.6 is 11.3 Å². The number of non-ortho nitro benzene ring substituents is 2. The van der Waals surface area contributed by atoms with Crippen molar-refractivity contribution in [3.63, 3.8) is 0 Å². The summed E-state index contributed by atoms with van der Waals surface area (Å²) in [5.41, 5.74) is 0.0408. The van der Waals surface area contributed by atoms with E-state index in [-0.39, 0.29) is 11.4 Å². The molecule has 19 heavy (non-hydrogen) atoms. The second-order valence-electron chi connectivity index (χ2n) is 3.98. The average molecular weight is 274 g/mol. The fourth-order valence-corrected chi connectivity index (χ4v) is 3.10. The van der Waals surface area contributed by atoms with Crippen molar-refractivity contribution >= 4 is 42.9 Å². The third kappa shape index (κ3) is 1.80. The third-order valence-corrected chi connectivity index (χ3v) is 3.99. The monoisotopic (exact) mass is 274 g/mol. The van der Waals surface area contributed by atoms with Gasteiger partial charge in [-0.05, 0) is 12.1 Å². The molecule has 0 saturated carbocycles. The van der Waals surface area contributed by atoms with Crippen LogP contribution in [0.2, 0.25) is 0 Å². The molecule has 0 aliphatic rings. The van der Waals surface area contributed by atoms with E-state index in [1.165, 1.54) is 35.6 Å². The van der Waals surface area contributed by atoms with Gasteiger partial charge >= 0.3 is 0 Å². The van der Waals surface area contributed by atoms with Crippen molar-refractivity contribution in [1.82, 2.24) is 0 Å². The van der Waals surface area contributed by atoms with Gasteiger partial charge in [-0.25, -0.2) is 0 Å². The van der Waals surface area contributed by atoms with E-state index < -0.39 is 9.85 Å². The lowest BCUT2D eigenvalue weighted by molar-refractivity contribution is -0.384. The summed E-state index contributed by atoms with van der Waals surface area (Å²) in [5.74, 6) is 0. The zero-order valence-corrected chi connectivity index (χ0v) is 10.2. The van der Waals surface area contributed by atoms with Crippen molar-refractivity contribution in [2.45, 2.75) is 0 Å². The van der Waals surface area contributed by atoms with Gasteiger partial charge in [-0.2, -0.15) is 0 Å². The van der Waals surface area contributed by atoms with Gasteiger partial charge in [0.05, 0.1) is 9.85 Å². The summed E-state index contributed by atoms with van der Waals surface area (Å²) in [4.78, 5) is 20.6. The molecule has 0 unspecified atom stereocenters. The molecule has 1 heterocycles. The molecule has 0 amide bonds. The summed E-state index contributed by atoms with van der Waals surface area (Å²) in [7, 11) is 0. The fraction of sp³-hybridized carbons (Fsp3) is 0. The van der Waals surface area contributed by atoms with Gasteiger partial charge < -0.3 is 0 Å². The summed E-state index contributed by atoms with van der Waals surface area (Å²) in [6, 6.07) is 9.14. The van der Waals surface area contributed by atoms with Gasteiger partial charge in [-0.3, -0.25) is 20.2 Å². The number of hydrogen-bond donors (Lipinski definition) is 0. The highest BCUT2D eigenvalue weighted by atomic mass is 32.1. The lowest BCUT2D eigenvalue weighted by Crippen LogP contribution is -1.86. The topological polar surface area (TPSA) is 86.3 Å². The van der Waals surface area contributed by atoms with Crippen LogP contribution < -0.4 is 0 Å². The van der Waals surface area contributed by atoms with Crippen LogP contribution in [0.1, 0.15) is 0 Å². The molecule has 0 spiro atoms. The van der Waals surface area contributed by atoms with E-state index >= 15 is 0 Å². The van der Waals surface area contributed by atoms with Crippen molar-refractivity contribution in [2.24, 2.45) is 0 Å². The quantitative estimate of drug-likeness (QED) is 0.524. The van der Waals surface area contributed by atoms with E-state index in [9.17, 15) is 20.2 Å². The Morgan fingerprint density at radius 2 is 1.42 bits per heavy atom. The van der Waals surface area contributed by atoms with Crippen LogP contribution in [0.25, 0.3) is 20.2 Å². The first-order valence-corrected chi connectivity index (χ1v) is 6.13. The molecule has 7 heteroatoms. The van der Waals surface area contributed by atoms with Crippen LogP contribution in [-0.2, 0) is 0 Å². The second-order valence-corrected chi connectivity index (χ2v) is 5.06. The number of nitro groups is 2. The second kappa shape index (κ2) is 3.99. The van der Waals surface area contributed by atoms with E-state index in [4.69, 9.17) is 0 Å². The Morgan fingerprint density at radius 3 is 2.11 bits per heavy atom. The van der Waals surface area contributed by atoms with E-state index in [1.54, 1.807) is 12.1 Å². The zero-order valence-electron chi connectivity index (χ0n) is 9.40. The molecule has 1 aromatic heterocycles. The molecule has 0 radical (unpaired) electrons. The van der Waals surface area contributed by atoms with Crippen molar-refractivity contribution in [3.8, 4) is 0 Å². The molecule has 6 nitrogen and oxygen atoms in total. The highest BCUT2D eigenvalue weighted by molar-refractivity contribution is 7.25. The average Bonchev–Trinajstić information content (AvgIpc) is 2.74. The third-order valence-electron chi connectivity index (χ3n) is 2.86. The van der Waals surface area contributed by atoms with Gasteiger partial charge in [-0.1, -0.05) is 0 Å². The van der Waals surface area contributed by atoms with Crippen LogP contribution in [-0.4, -0.2) is 9.85 Å². The fourth-order valence-electron chi connectivity index (χ4n) is 1.98. The van der Waals surface area contributed by atoms with Gasteiger partial charge in [0, 0.05) is 44.4 Å². The SMILES string of the molecule is O=[N+]([O-])c1ccc2c(c1)sc1ccc([N+](=O)[O-])cc12. The number of benzene rings is 2. The molecule has 2 aromatic carbocycles. The standard InChI is InChI=1S/C12H6N2O4S/c15-13(16)7-2-4-11-10(5-7)9-3-1-8(14(17)18)6-12(9)19-11/h1-6H. The van der Waals surface area contributed by atoms with E-state index in [0.717, 1.165) is 20.2 Å². The molecule has 0 aliphatic carbocycles. The lowest BCUT2D eigenvalue weighted by atomic mass is 10.1. The number of hydrogen-bond acceptors (Lipinski definition) is 5. The predicted octanol–water partition coefficient (Wildman–Crippen LogP) is 3.87. The normalized spacial score (nSPS) is 10.9. The summed E-state index contributed by atoms with van der Waals surface area (Å²) >= 11 is 1.39. The molecule has 3 rings (SSSR count). The number of nitro benzene ring substituents is 2. The summed E-state index contributed by atoms with van der Waals surface area (Å²) in [6.07, 6.45) is 0. The minimum Gasteiger partial charge on any atom is -0.258 e. The first kappa shape index (κ1) is 11.5. The van der Waals surface area contributed by atoms with Crippen LogP contribution in [0.4, 0.5) is 11.4 Å². The van der Waals surface area contributed by atoms with Crippen LogP contribution in [0.3, 0.4) is 0 Å². The molecule has 0 N–H and O–H groups in total. The Kier molecular flexibility index (Phi) is 2.42. The Hall–Kier alpha value is -2.54. The molecular formula is C12H6N2O4S. The van der Waals surface area contributed by atoms with Gasteiger partial charge in [-0.15, -0.1) is 11.3 Å². The Bertz CT molecular complexity index is 840. The number of rotatable bonds is 2. The molecule has 0 aliphatic heterocycles. The van der Waals surface area contributed by atoms with Gasteiger partial charge in [0.2, 0.25) is 0 Å². The smallest absolute Gasteiger partial charge is 0.258 e. The first-order chi connectivity index (χ1) is 9.06. The summed E-state index contributed by atoms with van der Waals surface area (Å²) in [5, 5.41) is 23.0. The summed E-state index contributed by atoms with van der Waals surface area (Å²) in [6.45, 7) is 0. The zero-order chi connectivity index (χ0) is 13.6. The predicted molar refractivity (Wildman–Crippen MR) is 72.6 cm³/mol. The van der Waals surface area contributed by atoms with Gasteiger partial charge in [0.25, 0.3) is 11.4 Å². The van der Waals surface area contributed by atoms with Crippen molar-refractivity contribution in [3.05, 3.63) is 56.6 Å². The van der Waals surface area contributed by atoms with Gasteiger partial charge in [0.1, 0.15) is 0 Å². The minimum absolute atomic E-state index is 0.0190. The molecule has 0 fully saturated rings. The molecule has 3 aromatic rings. The van der Waals surface area contributed by atoms with Crippen molar-refractivity contribution in [2.75, 3.05) is 0 Å². The number of nitrogens with zero attached hydrogens (tertiary/aromatic N) is 2. The molecular weight excluding hydrogens is 268 g/mol. The Morgan fingerprint density at radius 1 is 0.789 bits per heavy atom. The van der Waals surface area contributed by atoms with Gasteiger partial charge in [0.15, 0.2) is 0 Å². The highest BCUT2D eigenvalue weighted by Gasteiger charge is 2.13. The Balaban J connectivity index is 2.33. The number of thiophene rings is 1. The maximum Gasteiger partial charge on any atom is 0.270 e. The Labute approximate surface area is 110 Å². The summed E-state index contributed by atoms with van der Waals surface area (Å²) < 4.78 is 1.63. The van der Waals surface area contributed by atoms with Crippen LogP contribution in [0.5, 0.6) is 0 Å². The van der Waals surface area contributed by atoms with E-state index in [1.807, 2.05) is 0 Å². The maximum atomic E-state index is 10.8. The highest BCUT2D eigenvalue weighted by Crippen LogP contribution is 2.37. The van der Waals surface area contributed by atoms with Crippen LogP contribution in [0.15, 0.2) is 36.4 Å². The molecule has 94 valence electrons. The molecule has 0 saturated heterocycles. The number of fused-ring (bicyclic) bond motifs is 3. The first-order valence-electron chi connectivity index (χ1n) is 5.31. The van der Waals surface area contributed by atoms with Crippen molar-refractivity contribution < 1.29 is 9.85 Å². The lowest BCUT2D eigenvalue weighted by Gasteiger charge is -1.93. The molecule has 0 atom stereocenters. The maximum absolute atomic E-state index is 10.8. The minimum atomic E-state index is -0.452. The van der Waals surface area contributed by atoms with E-state index in [2.05, 4.69) is 0 Å².